The van der Waals surface area contributed by atoms with Gasteiger partial charge in [-0.05, 0) is 48.2 Å². The maximum absolute atomic E-state index is 5.78. The first-order chi connectivity index (χ1) is 9.76. The maximum atomic E-state index is 5.78. The van der Waals surface area contributed by atoms with Crippen molar-refractivity contribution >= 4 is 10.8 Å². The van der Waals surface area contributed by atoms with Crippen molar-refractivity contribution in [3.05, 3.63) is 48.9 Å². The largest absolute Gasteiger partial charge is 0.494 e. The highest BCUT2D eigenvalue weighted by atomic mass is 16.5. The van der Waals surface area contributed by atoms with Gasteiger partial charge in [0.2, 0.25) is 0 Å². The highest BCUT2D eigenvalue weighted by Gasteiger charge is 2.12. The number of benzene rings is 2. The molecule has 0 amide bonds. The normalized spacial score (nSPS) is 12.6. The molecule has 1 atom stereocenters. The van der Waals surface area contributed by atoms with Gasteiger partial charge in [0.25, 0.3) is 0 Å². The summed E-state index contributed by atoms with van der Waals surface area (Å²) in [6.07, 6.45) is 1.84. The molecule has 0 bridgehead atoms. The summed E-state index contributed by atoms with van der Waals surface area (Å²) in [5, 5.41) is 2.36. The van der Waals surface area contributed by atoms with E-state index in [2.05, 4.69) is 45.0 Å². The quantitative estimate of drug-likeness (QED) is 0.711. The van der Waals surface area contributed by atoms with Crippen LogP contribution in [0.3, 0.4) is 0 Å². The summed E-state index contributed by atoms with van der Waals surface area (Å²) >= 11 is 0. The highest BCUT2D eigenvalue weighted by Crippen LogP contribution is 2.31. The predicted molar refractivity (Wildman–Crippen MR) is 84.1 cm³/mol. The molecule has 0 fully saturated rings. The first-order valence-electron chi connectivity index (χ1n) is 7.36. The molecule has 0 saturated carbocycles. The van der Waals surface area contributed by atoms with E-state index in [4.69, 9.17) is 9.47 Å². The van der Waals surface area contributed by atoms with E-state index in [0.717, 1.165) is 37.4 Å². The van der Waals surface area contributed by atoms with Crippen LogP contribution in [-0.2, 0) is 4.74 Å². The number of hydrogen-bond donors (Lipinski definition) is 0. The lowest BCUT2D eigenvalue weighted by Gasteiger charge is -2.17. The van der Waals surface area contributed by atoms with Gasteiger partial charge < -0.3 is 9.47 Å². The fraction of sp³-hybridized carbons (Fsp3) is 0.389. The smallest absolute Gasteiger partial charge is 0.120 e. The van der Waals surface area contributed by atoms with Crippen LogP contribution in [0.4, 0.5) is 0 Å². The van der Waals surface area contributed by atoms with E-state index >= 15 is 0 Å². The van der Waals surface area contributed by atoms with Gasteiger partial charge in [-0.1, -0.05) is 38.1 Å². The van der Waals surface area contributed by atoms with Crippen molar-refractivity contribution in [2.75, 3.05) is 13.2 Å². The van der Waals surface area contributed by atoms with Gasteiger partial charge in [-0.2, -0.15) is 0 Å². The summed E-state index contributed by atoms with van der Waals surface area (Å²) in [6, 6.07) is 12.4. The Bertz CT molecular complexity index is 548. The fourth-order valence-corrected chi connectivity index (χ4v) is 2.23. The lowest BCUT2D eigenvalue weighted by molar-refractivity contribution is 0.0847. The number of hydrogen-bond acceptors (Lipinski definition) is 2. The third kappa shape index (κ3) is 3.51. The van der Waals surface area contributed by atoms with Gasteiger partial charge in [0, 0.05) is 6.61 Å². The Hall–Kier alpha value is -1.54. The fourth-order valence-electron chi connectivity index (χ4n) is 2.23. The summed E-state index contributed by atoms with van der Waals surface area (Å²) in [7, 11) is 0. The molecular weight excluding hydrogens is 248 g/mol. The van der Waals surface area contributed by atoms with E-state index in [0.29, 0.717) is 0 Å². The van der Waals surface area contributed by atoms with Crippen LogP contribution in [0.2, 0.25) is 0 Å². The summed E-state index contributed by atoms with van der Waals surface area (Å²) < 4.78 is 11.6. The molecule has 0 saturated heterocycles. The zero-order chi connectivity index (χ0) is 14.4. The highest BCUT2D eigenvalue weighted by molar-refractivity contribution is 5.87. The van der Waals surface area contributed by atoms with Crippen molar-refractivity contribution < 1.29 is 9.47 Å². The first kappa shape index (κ1) is 14.9. The molecule has 2 aromatic carbocycles. The molecule has 2 aromatic rings. The van der Waals surface area contributed by atoms with Crippen LogP contribution in [0.1, 0.15) is 38.4 Å². The Balaban J connectivity index is 2.38. The zero-order valence-electron chi connectivity index (χ0n) is 12.4. The van der Waals surface area contributed by atoms with Crippen molar-refractivity contribution in [1.29, 1.82) is 0 Å². The van der Waals surface area contributed by atoms with Gasteiger partial charge in [0.1, 0.15) is 5.75 Å². The van der Waals surface area contributed by atoms with Gasteiger partial charge >= 0.3 is 0 Å². The molecule has 0 aliphatic heterocycles. The Morgan fingerprint density at radius 1 is 1.05 bits per heavy atom. The Kier molecular flexibility index (Phi) is 5.42. The molecule has 0 spiro atoms. The van der Waals surface area contributed by atoms with Gasteiger partial charge in [-0.25, -0.2) is 0 Å². The lowest BCUT2D eigenvalue weighted by Crippen LogP contribution is -2.03. The molecule has 0 aliphatic rings. The maximum Gasteiger partial charge on any atom is 0.120 e. The summed E-state index contributed by atoms with van der Waals surface area (Å²) in [4.78, 5) is 0. The Morgan fingerprint density at radius 3 is 2.55 bits per heavy atom. The van der Waals surface area contributed by atoms with Crippen LogP contribution < -0.4 is 4.74 Å². The molecule has 107 valence electrons. The van der Waals surface area contributed by atoms with Crippen LogP contribution in [0, 0.1) is 6.92 Å². The molecule has 1 unspecified atom stereocenters. The number of ether oxygens (including phenoxy) is 2. The predicted octanol–water partition coefficient (Wildman–Crippen LogP) is 4.93. The van der Waals surface area contributed by atoms with E-state index in [9.17, 15) is 0 Å². The topological polar surface area (TPSA) is 18.5 Å². The van der Waals surface area contributed by atoms with Gasteiger partial charge in [0.15, 0.2) is 0 Å². The number of rotatable bonds is 7. The lowest BCUT2D eigenvalue weighted by atomic mass is 10.0. The van der Waals surface area contributed by atoms with E-state index in [-0.39, 0.29) is 6.10 Å². The molecule has 2 heteroatoms. The van der Waals surface area contributed by atoms with Crippen LogP contribution in [0.5, 0.6) is 5.75 Å². The molecule has 2 nitrogen and oxygen atoms in total. The summed E-state index contributed by atoms with van der Waals surface area (Å²) in [5.41, 5.74) is 1.10. The zero-order valence-corrected chi connectivity index (χ0v) is 12.4. The van der Waals surface area contributed by atoms with Gasteiger partial charge in [0.05, 0.1) is 12.7 Å². The van der Waals surface area contributed by atoms with Crippen molar-refractivity contribution in [2.45, 2.75) is 32.8 Å². The van der Waals surface area contributed by atoms with Crippen LogP contribution in [-0.4, -0.2) is 13.2 Å². The van der Waals surface area contributed by atoms with Crippen molar-refractivity contribution in [3.63, 3.8) is 0 Å². The van der Waals surface area contributed by atoms with E-state index < -0.39 is 0 Å². The molecular formula is C18H23O2. The Labute approximate surface area is 121 Å². The molecule has 2 rings (SSSR count). The standard InChI is InChI=1S/C18H23O2/c1-4-10-19-14(3)18-13-16(20-11-5-2)12-15-8-6-7-9-17(15)18/h6-9,12-14H,3-5,10-11H2,1-2H3. The molecule has 0 heterocycles. The second-order valence-electron chi connectivity index (χ2n) is 4.94. The second-order valence-corrected chi connectivity index (χ2v) is 4.94. The van der Waals surface area contributed by atoms with E-state index in [1.54, 1.807) is 0 Å². The van der Waals surface area contributed by atoms with Gasteiger partial charge in [-0.3, -0.25) is 0 Å². The SMILES string of the molecule is [CH2]C(OCCC)c1cc(OCCC)cc2ccccc12. The first-order valence-corrected chi connectivity index (χ1v) is 7.36. The monoisotopic (exact) mass is 271 g/mol. The van der Waals surface area contributed by atoms with Gasteiger partial charge in [-0.15, -0.1) is 0 Å². The second kappa shape index (κ2) is 7.30. The minimum atomic E-state index is -0.162. The molecule has 1 radical (unpaired) electrons. The van der Waals surface area contributed by atoms with Crippen LogP contribution in [0.15, 0.2) is 36.4 Å². The van der Waals surface area contributed by atoms with Crippen LogP contribution >= 0.6 is 0 Å². The third-order valence-corrected chi connectivity index (χ3v) is 3.21. The Morgan fingerprint density at radius 2 is 1.80 bits per heavy atom. The average molecular weight is 271 g/mol. The summed E-state index contributed by atoms with van der Waals surface area (Å²) in [6.45, 7) is 9.81. The van der Waals surface area contributed by atoms with E-state index in [1.807, 2.05) is 12.1 Å². The molecule has 0 N–H and O–H groups in total. The van der Waals surface area contributed by atoms with Crippen LogP contribution in [0.25, 0.3) is 10.8 Å². The van der Waals surface area contributed by atoms with Crippen molar-refractivity contribution in [2.24, 2.45) is 0 Å². The molecule has 0 aromatic heterocycles. The third-order valence-electron chi connectivity index (χ3n) is 3.21. The summed E-state index contributed by atoms with van der Waals surface area (Å²) in [5.74, 6) is 0.897. The average Bonchev–Trinajstić information content (AvgIpc) is 2.49. The molecule has 20 heavy (non-hydrogen) atoms. The minimum absolute atomic E-state index is 0.162. The minimum Gasteiger partial charge on any atom is -0.494 e. The van der Waals surface area contributed by atoms with Crippen molar-refractivity contribution in [3.8, 4) is 5.75 Å². The van der Waals surface area contributed by atoms with E-state index in [1.165, 1.54) is 10.8 Å². The van der Waals surface area contributed by atoms with Crippen molar-refractivity contribution in [1.82, 2.24) is 0 Å². The number of fused-ring (bicyclic) bond motifs is 1. The molecule has 0 aliphatic carbocycles.